The van der Waals surface area contributed by atoms with Gasteiger partial charge in [0.05, 0.1) is 12.8 Å². The maximum atomic E-state index is 5.62. The van der Waals surface area contributed by atoms with Crippen molar-refractivity contribution in [1.29, 1.82) is 0 Å². The smallest absolute Gasteiger partial charge is 0.117 e. The quantitative estimate of drug-likeness (QED) is 0.827. The zero-order valence-electron chi connectivity index (χ0n) is 13.6. The van der Waals surface area contributed by atoms with Crippen LogP contribution in [-0.2, 0) is 13.0 Å². The van der Waals surface area contributed by atoms with Gasteiger partial charge in [-0.3, -0.25) is 0 Å². The average molecular weight is 266 g/mol. The minimum absolute atomic E-state index is 0.0900. The number of rotatable bonds is 6. The fourth-order valence-electron chi connectivity index (χ4n) is 2.31. The molecule has 0 unspecified atom stereocenters. The molecule has 3 nitrogen and oxygen atoms in total. The third kappa shape index (κ3) is 6.79. The summed E-state index contributed by atoms with van der Waals surface area (Å²) in [6.45, 7) is 16.1. The lowest BCUT2D eigenvalue weighted by molar-refractivity contribution is 0.351. The molecule has 1 heterocycles. The third-order valence-corrected chi connectivity index (χ3v) is 2.83. The van der Waals surface area contributed by atoms with Gasteiger partial charge in [0.1, 0.15) is 5.76 Å². The molecule has 0 aliphatic carbocycles. The van der Waals surface area contributed by atoms with E-state index in [-0.39, 0.29) is 11.1 Å². The zero-order chi connectivity index (χ0) is 14.7. The Labute approximate surface area is 118 Å². The van der Waals surface area contributed by atoms with Gasteiger partial charge in [0.2, 0.25) is 0 Å². The number of hydrogen-bond acceptors (Lipinski definition) is 3. The maximum Gasteiger partial charge on any atom is 0.117 e. The lowest BCUT2D eigenvalue weighted by atomic mass is 9.95. The van der Waals surface area contributed by atoms with Crippen LogP contribution in [0.5, 0.6) is 0 Å². The molecule has 0 spiro atoms. The van der Waals surface area contributed by atoms with Gasteiger partial charge in [-0.05, 0) is 52.7 Å². The fourth-order valence-corrected chi connectivity index (χ4v) is 2.31. The molecule has 3 heteroatoms. The third-order valence-electron chi connectivity index (χ3n) is 2.83. The molecule has 0 saturated carbocycles. The van der Waals surface area contributed by atoms with Crippen LogP contribution in [0.3, 0.4) is 0 Å². The minimum Gasteiger partial charge on any atom is -0.468 e. The van der Waals surface area contributed by atoms with Crippen LogP contribution in [0.4, 0.5) is 0 Å². The summed E-state index contributed by atoms with van der Waals surface area (Å²) in [4.78, 5) is 0. The van der Waals surface area contributed by atoms with Gasteiger partial charge in [-0.2, -0.15) is 0 Å². The number of hydrogen-bond donors (Lipinski definition) is 2. The molecule has 0 amide bonds. The number of furan rings is 1. The van der Waals surface area contributed by atoms with Crippen LogP contribution in [0.2, 0.25) is 0 Å². The van der Waals surface area contributed by atoms with Crippen molar-refractivity contribution in [2.45, 2.75) is 78.6 Å². The van der Waals surface area contributed by atoms with Crippen LogP contribution in [0.1, 0.15) is 59.8 Å². The molecule has 110 valence electrons. The summed E-state index contributed by atoms with van der Waals surface area (Å²) in [6, 6.07) is 2.65. The highest BCUT2D eigenvalue weighted by atomic mass is 16.3. The molecule has 0 aliphatic rings. The summed E-state index contributed by atoms with van der Waals surface area (Å²) < 4.78 is 5.62. The van der Waals surface area contributed by atoms with Crippen molar-refractivity contribution in [1.82, 2.24) is 10.6 Å². The second-order valence-electron chi connectivity index (χ2n) is 7.38. The van der Waals surface area contributed by atoms with E-state index in [0.29, 0.717) is 6.04 Å². The predicted molar refractivity (Wildman–Crippen MR) is 81.4 cm³/mol. The van der Waals surface area contributed by atoms with Gasteiger partial charge in [0, 0.05) is 17.1 Å². The molecular weight excluding hydrogens is 236 g/mol. The minimum atomic E-state index is 0.0900. The lowest BCUT2D eigenvalue weighted by Crippen LogP contribution is -2.45. The summed E-state index contributed by atoms with van der Waals surface area (Å²) in [5, 5.41) is 7.01. The van der Waals surface area contributed by atoms with Crippen LogP contribution in [0.15, 0.2) is 16.7 Å². The van der Waals surface area contributed by atoms with Gasteiger partial charge in [-0.1, -0.05) is 13.8 Å². The van der Waals surface area contributed by atoms with Gasteiger partial charge < -0.3 is 15.1 Å². The Hall–Kier alpha value is -0.800. The van der Waals surface area contributed by atoms with Crippen molar-refractivity contribution in [2.75, 3.05) is 0 Å². The van der Waals surface area contributed by atoms with E-state index in [1.54, 1.807) is 0 Å². The van der Waals surface area contributed by atoms with Crippen LogP contribution in [-0.4, -0.2) is 17.1 Å². The summed E-state index contributed by atoms with van der Waals surface area (Å²) in [6.07, 6.45) is 2.85. The largest absolute Gasteiger partial charge is 0.468 e. The Balaban J connectivity index is 2.55. The topological polar surface area (TPSA) is 37.2 Å². The highest BCUT2D eigenvalue weighted by Gasteiger charge is 2.20. The van der Waals surface area contributed by atoms with Crippen LogP contribution < -0.4 is 10.6 Å². The van der Waals surface area contributed by atoms with Crippen molar-refractivity contribution >= 4 is 0 Å². The first-order chi connectivity index (χ1) is 8.57. The molecule has 19 heavy (non-hydrogen) atoms. The molecule has 0 aliphatic heterocycles. The molecule has 0 bridgehead atoms. The first-order valence-electron chi connectivity index (χ1n) is 7.16. The normalized spacial score (nSPS) is 13.3. The fraction of sp³-hybridized carbons (Fsp3) is 0.750. The van der Waals surface area contributed by atoms with E-state index in [2.05, 4.69) is 65.2 Å². The Morgan fingerprint density at radius 2 is 1.79 bits per heavy atom. The predicted octanol–water partition coefficient (Wildman–Crippen LogP) is 3.49. The highest BCUT2D eigenvalue weighted by molar-refractivity contribution is 5.16. The monoisotopic (exact) mass is 266 g/mol. The molecule has 0 saturated heterocycles. The van der Waals surface area contributed by atoms with Gasteiger partial charge in [0.25, 0.3) is 0 Å². The van der Waals surface area contributed by atoms with Gasteiger partial charge in [0.15, 0.2) is 0 Å². The van der Waals surface area contributed by atoms with Crippen molar-refractivity contribution < 1.29 is 4.42 Å². The van der Waals surface area contributed by atoms with E-state index in [0.717, 1.165) is 18.7 Å². The van der Waals surface area contributed by atoms with E-state index < -0.39 is 0 Å². The van der Waals surface area contributed by atoms with Crippen molar-refractivity contribution in [2.24, 2.45) is 0 Å². The van der Waals surface area contributed by atoms with E-state index in [1.807, 2.05) is 6.26 Å². The Morgan fingerprint density at radius 1 is 1.16 bits per heavy atom. The molecule has 1 aromatic heterocycles. The summed E-state index contributed by atoms with van der Waals surface area (Å²) >= 11 is 0. The highest BCUT2D eigenvalue weighted by Crippen LogP contribution is 2.17. The van der Waals surface area contributed by atoms with Crippen molar-refractivity contribution in [3.8, 4) is 0 Å². The lowest BCUT2D eigenvalue weighted by Gasteiger charge is -2.28. The molecule has 2 N–H and O–H groups in total. The van der Waals surface area contributed by atoms with Gasteiger partial charge in [-0.15, -0.1) is 0 Å². The first kappa shape index (κ1) is 16.3. The molecule has 0 atom stereocenters. The van der Waals surface area contributed by atoms with Crippen LogP contribution in [0, 0.1) is 0 Å². The average Bonchev–Trinajstić information content (AvgIpc) is 2.58. The number of nitrogens with one attached hydrogen (secondary N) is 2. The second kappa shape index (κ2) is 6.10. The summed E-state index contributed by atoms with van der Waals surface area (Å²) in [5.41, 5.74) is 1.46. The SMILES string of the molecule is CC(C)NC(C)(C)Cc1coc(CNC(C)(C)C)c1. The van der Waals surface area contributed by atoms with E-state index >= 15 is 0 Å². The Bertz CT molecular complexity index is 386. The molecule has 0 aromatic carbocycles. The van der Waals surface area contributed by atoms with Gasteiger partial charge in [-0.25, -0.2) is 0 Å². The standard InChI is InChI=1S/C16H30N2O/c1-12(2)18-16(6,7)9-13-8-14(19-11-13)10-17-15(3,4)5/h8,11-12,17-18H,9-10H2,1-7H3. The Kier molecular flexibility index (Phi) is 5.22. The second-order valence-corrected chi connectivity index (χ2v) is 7.38. The summed E-state index contributed by atoms with van der Waals surface area (Å²) in [5.74, 6) is 1.00. The Morgan fingerprint density at radius 3 is 2.32 bits per heavy atom. The molecule has 0 radical (unpaired) electrons. The van der Waals surface area contributed by atoms with Crippen molar-refractivity contribution in [3.05, 3.63) is 23.7 Å². The van der Waals surface area contributed by atoms with Gasteiger partial charge >= 0.3 is 0 Å². The molecular formula is C16H30N2O. The van der Waals surface area contributed by atoms with E-state index in [9.17, 15) is 0 Å². The summed E-state index contributed by atoms with van der Waals surface area (Å²) in [7, 11) is 0. The van der Waals surface area contributed by atoms with E-state index in [4.69, 9.17) is 4.42 Å². The van der Waals surface area contributed by atoms with Crippen LogP contribution in [0.25, 0.3) is 0 Å². The van der Waals surface area contributed by atoms with Crippen LogP contribution >= 0.6 is 0 Å². The zero-order valence-corrected chi connectivity index (χ0v) is 13.6. The van der Waals surface area contributed by atoms with E-state index in [1.165, 1.54) is 5.56 Å². The molecule has 0 fully saturated rings. The van der Waals surface area contributed by atoms with Crippen molar-refractivity contribution in [3.63, 3.8) is 0 Å². The molecule has 1 aromatic rings. The first-order valence-corrected chi connectivity index (χ1v) is 7.16. The molecule has 1 rings (SSSR count). The maximum absolute atomic E-state index is 5.62.